The molecule has 0 unspecified atom stereocenters. The van der Waals surface area contributed by atoms with Gasteiger partial charge in [-0.2, -0.15) is 0 Å². The molecule has 0 aromatic heterocycles. The highest BCUT2D eigenvalue weighted by molar-refractivity contribution is 5.97. The number of carbonyl (C=O) groups excluding carboxylic acids is 2. The van der Waals surface area contributed by atoms with Gasteiger partial charge in [0, 0.05) is 24.4 Å². The predicted octanol–water partition coefficient (Wildman–Crippen LogP) is 0.510. The molecule has 0 saturated carbocycles. The van der Waals surface area contributed by atoms with Gasteiger partial charge in [0.05, 0.1) is 12.7 Å². The normalized spacial score (nSPS) is 15.2. The van der Waals surface area contributed by atoms with Crippen LogP contribution in [0.2, 0.25) is 0 Å². The molecule has 0 spiro atoms. The third-order valence-electron chi connectivity index (χ3n) is 1.80. The van der Waals surface area contributed by atoms with Crippen LogP contribution in [0.4, 0.5) is 0 Å². The largest absolute Gasteiger partial charge is 0.466 e. The minimum Gasteiger partial charge on any atom is -0.466 e. The zero-order valence-corrected chi connectivity index (χ0v) is 7.59. The second-order valence-corrected chi connectivity index (χ2v) is 2.73. The number of hydrogen-bond donors (Lipinski definition) is 1. The highest BCUT2D eigenvalue weighted by atomic mass is 16.5. The van der Waals surface area contributed by atoms with Crippen molar-refractivity contribution >= 4 is 11.8 Å². The van der Waals surface area contributed by atoms with Gasteiger partial charge in [-0.25, -0.2) is 4.79 Å². The van der Waals surface area contributed by atoms with E-state index in [1.54, 1.807) is 6.20 Å². The molecule has 0 fully saturated rings. The molecule has 1 rings (SSSR count). The summed E-state index contributed by atoms with van der Waals surface area (Å²) in [5.41, 5.74) is 1.05. The molecule has 0 radical (unpaired) electrons. The fraction of sp³-hybridized carbons (Fsp3) is 0.333. The molecule has 0 aliphatic carbocycles. The third-order valence-corrected chi connectivity index (χ3v) is 1.80. The van der Waals surface area contributed by atoms with Crippen molar-refractivity contribution in [1.29, 1.82) is 0 Å². The van der Waals surface area contributed by atoms with Crippen molar-refractivity contribution in [2.75, 3.05) is 7.11 Å². The summed E-state index contributed by atoms with van der Waals surface area (Å²) in [6, 6.07) is 0. The highest BCUT2D eigenvalue weighted by Crippen LogP contribution is 2.15. The van der Waals surface area contributed by atoms with Crippen LogP contribution in [0.3, 0.4) is 0 Å². The second kappa shape index (κ2) is 3.89. The monoisotopic (exact) mass is 181 g/mol. The summed E-state index contributed by atoms with van der Waals surface area (Å²) in [5, 5.41) is 2.74. The molecule has 1 aliphatic heterocycles. The number of ketones is 1. The van der Waals surface area contributed by atoms with Gasteiger partial charge >= 0.3 is 5.97 Å². The van der Waals surface area contributed by atoms with Crippen molar-refractivity contribution < 1.29 is 14.3 Å². The number of esters is 1. The maximum absolute atomic E-state index is 11.1. The molecule has 0 aromatic carbocycles. The van der Waals surface area contributed by atoms with Crippen LogP contribution in [-0.2, 0) is 14.3 Å². The maximum atomic E-state index is 11.1. The van der Waals surface area contributed by atoms with Gasteiger partial charge < -0.3 is 10.1 Å². The summed E-state index contributed by atoms with van der Waals surface area (Å²) in [6.45, 7) is 1.47. The molecular weight excluding hydrogens is 170 g/mol. The Kier molecular flexibility index (Phi) is 2.84. The number of Topliss-reactive ketones (excluding diaryl/α,β-unsaturated/α-hetero) is 1. The maximum Gasteiger partial charge on any atom is 0.335 e. The van der Waals surface area contributed by atoms with Gasteiger partial charge in [-0.1, -0.05) is 0 Å². The Labute approximate surface area is 76.3 Å². The van der Waals surface area contributed by atoms with Gasteiger partial charge in [0.15, 0.2) is 5.78 Å². The van der Waals surface area contributed by atoms with E-state index in [0.717, 1.165) is 0 Å². The number of methoxy groups -OCH3 is 1. The Morgan fingerprint density at radius 2 is 2.00 bits per heavy atom. The minimum absolute atomic E-state index is 0.0398. The van der Waals surface area contributed by atoms with Crippen molar-refractivity contribution in [3.8, 4) is 0 Å². The molecule has 0 aromatic rings. The molecule has 13 heavy (non-hydrogen) atoms. The lowest BCUT2D eigenvalue weighted by molar-refractivity contribution is -0.136. The summed E-state index contributed by atoms with van der Waals surface area (Å²) in [5.74, 6) is -0.443. The van der Waals surface area contributed by atoms with E-state index in [1.807, 2.05) is 0 Å². The lowest BCUT2D eigenvalue weighted by Crippen LogP contribution is -2.16. The lowest BCUT2D eigenvalue weighted by atomic mass is 10.0. The molecule has 0 saturated heterocycles. The van der Waals surface area contributed by atoms with Crippen molar-refractivity contribution in [2.24, 2.45) is 0 Å². The summed E-state index contributed by atoms with van der Waals surface area (Å²) in [4.78, 5) is 22.0. The van der Waals surface area contributed by atoms with Gasteiger partial charge in [0.1, 0.15) is 0 Å². The summed E-state index contributed by atoms with van der Waals surface area (Å²) >= 11 is 0. The quantitative estimate of drug-likeness (QED) is 0.630. The van der Waals surface area contributed by atoms with Crippen LogP contribution in [0.25, 0.3) is 0 Å². The van der Waals surface area contributed by atoms with E-state index in [9.17, 15) is 9.59 Å². The summed E-state index contributed by atoms with van der Waals surface area (Å²) < 4.78 is 4.53. The van der Waals surface area contributed by atoms with Gasteiger partial charge in [0.2, 0.25) is 0 Å². The van der Waals surface area contributed by atoms with Gasteiger partial charge in [0.25, 0.3) is 0 Å². The fourth-order valence-electron chi connectivity index (χ4n) is 1.04. The fourth-order valence-corrected chi connectivity index (χ4v) is 1.04. The third kappa shape index (κ3) is 2.18. The molecule has 1 heterocycles. The summed E-state index contributed by atoms with van der Waals surface area (Å²) in [7, 11) is 1.31. The van der Waals surface area contributed by atoms with Crippen molar-refractivity contribution in [1.82, 2.24) is 5.32 Å². The Bertz CT molecular complexity index is 302. The zero-order valence-electron chi connectivity index (χ0n) is 7.59. The first-order valence-corrected chi connectivity index (χ1v) is 3.88. The number of rotatable bonds is 2. The molecule has 1 N–H and O–H groups in total. The first-order chi connectivity index (χ1) is 6.15. The Morgan fingerprint density at radius 1 is 1.38 bits per heavy atom. The Morgan fingerprint density at radius 3 is 2.54 bits per heavy atom. The van der Waals surface area contributed by atoms with Crippen LogP contribution in [-0.4, -0.2) is 18.9 Å². The van der Waals surface area contributed by atoms with E-state index in [4.69, 9.17) is 0 Å². The minimum atomic E-state index is -0.403. The molecule has 0 amide bonds. The average molecular weight is 181 g/mol. The first-order valence-electron chi connectivity index (χ1n) is 3.88. The van der Waals surface area contributed by atoms with E-state index in [2.05, 4.69) is 10.1 Å². The Balaban J connectivity index is 2.70. The van der Waals surface area contributed by atoms with Crippen LogP contribution < -0.4 is 5.32 Å². The smallest absolute Gasteiger partial charge is 0.335 e. The summed E-state index contributed by atoms with van der Waals surface area (Å²) in [6.07, 6.45) is 3.47. The molecule has 4 heteroatoms. The number of dihydropyridines is 1. The van der Waals surface area contributed by atoms with Gasteiger partial charge in [-0.15, -0.1) is 0 Å². The lowest BCUT2D eigenvalue weighted by Gasteiger charge is -2.11. The average Bonchev–Trinajstić information content (AvgIpc) is 2.17. The number of hydrogen-bond acceptors (Lipinski definition) is 4. The van der Waals surface area contributed by atoms with Crippen LogP contribution in [0.5, 0.6) is 0 Å². The second-order valence-electron chi connectivity index (χ2n) is 2.73. The Hall–Kier alpha value is -1.58. The van der Waals surface area contributed by atoms with Crippen LogP contribution >= 0.6 is 0 Å². The number of carbonyl (C=O) groups is 2. The topological polar surface area (TPSA) is 55.4 Å². The number of nitrogens with one attached hydrogen (secondary N) is 1. The first kappa shape index (κ1) is 9.51. The number of allylic oxidation sites excluding steroid dienone is 1. The van der Waals surface area contributed by atoms with Gasteiger partial charge in [-0.05, 0) is 6.92 Å². The SMILES string of the molecule is COC(=O)C1=CNC=C(C(C)=O)C1. The molecule has 1 aliphatic rings. The number of ether oxygens (including phenoxy) is 1. The van der Waals surface area contributed by atoms with E-state index in [1.165, 1.54) is 20.2 Å². The van der Waals surface area contributed by atoms with Crippen molar-refractivity contribution in [2.45, 2.75) is 13.3 Å². The predicted molar refractivity (Wildman–Crippen MR) is 46.6 cm³/mol. The molecule has 0 atom stereocenters. The van der Waals surface area contributed by atoms with E-state index >= 15 is 0 Å². The highest BCUT2D eigenvalue weighted by Gasteiger charge is 2.16. The van der Waals surface area contributed by atoms with E-state index < -0.39 is 5.97 Å². The molecule has 70 valence electrons. The molecule has 4 nitrogen and oxygen atoms in total. The van der Waals surface area contributed by atoms with Crippen LogP contribution in [0, 0.1) is 0 Å². The van der Waals surface area contributed by atoms with Crippen LogP contribution in [0.1, 0.15) is 13.3 Å². The van der Waals surface area contributed by atoms with Crippen molar-refractivity contribution in [3.05, 3.63) is 23.5 Å². The van der Waals surface area contributed by atoms with Crippen molar-refractivity contribution in [3.63, 3.8) is 0 Å². The van der Waals surface area contributed by atoms with E-state index in [0.29, 0.717) is 17.6 Å². The molecule has 0 bridgehead atoms. The van der Waals surface area contributed by atoms with E-state index in [-0.39, 0.29) is 5.78 Å². The van der Waals surface area contributed by atoms with Gasteiger partial charge in [-0.3, -0.25) is 4.79 Å². The van der Waals surface area contributed by atoms with Crippen LogP contribution in [0.15, 0.2) is 23.5 Å². The molecular formula is C9H11NO3. The zero-order chi connectivity index (χ0) is 9.84. The standard InChI is InChI=1S/C9H11NO3/c1-6(11)7-3-8(5-10-4-7)9(12)13-2/h4-5,10H,3H2,1-2H3.